The summed E-state index contributed by atoms with van der Waals surface area (Å²) in [6, 6.07) is 28.0. The lowest BCUT2D eigenvalue weighted by atomic mass is 9.79. The molecule has 0 aromatic heterocycles. The molecule has 32 heavy (non-hydrogen) atoms. The molecule has 0 aliphatic heterocycles. The zero-order chi connectivity index (χ0) is 22.8. The Hall–Kier alpha value is -3.11. The molecule has 3 atom stereocenters. The highest BCUT2D eigenvalue weighted by Gasteiger charge is 2.64. The van der Waals surface area contributed by atoms with Crippen LogP contribution >= 0.6 is 0 Å². The molecule has 0 bridgehead atoms. The number of carboxylic acid groups (broad SMARTS) is 1. The zero-order valence-electron chi connectivity index (χ0n) is 18.8. The number of ether oxygens (including phenoxy) is 2. The van der Waals surface area contributed by atoms with E-state index in [0.717, 1.165) is 22.4 Å². The Balaban J connectivity index is 1.95. The lowest BCUT2D eigenvalue weighted by Crippen LogP contribution is -2.43. The van der Waals surface area contributed by atoms with Gasteiger partial charge in [-0.15, -0.1) is 0 Å². The van der Waals surface area contributed by atoms with Gasteiger partial charge < -0.3 is 14.6 Å². The Labute approximate surface area is 189 Å². The van der Waals surface area contributed by atoms with Gasteiger partial charge in [-0.1, -0.05) is 86.6 Å². The predicted octanol–water partition coefficient (Wildman–Crippen LogP) is 5.89. The molecular formula is C28H30O4. The van der Waals surface area contributed by atoms with Gasteiger partial charge in [0, 0.05) is 0 Å². The maximum Gasteiger partial charge on any atom is 0.312 e. The molecule has 4 rings (SSSR count). The number of aliphatic carboxylic acids is 1. The first-order valence-corrected chi connectivity index (χ1v) is 11.2. The van der Waals surface area contributed by atoms with Crippen LogP contribution in [-0.4, -0.2) is 24.3 Å². The summed E-state index contributed by atoms with van der Waals surface area (Å²) >= 11 is 0. The van der Waals surface area contributed by atoms with Gasteiger partial charge in [-0.3, -0.25) is 4.79 Å². The molecule has 3 aromatic carbocycles. The van der Waals surface area contributed by atoms with Crippen LogP contribution in [0.5, 0.6) is 5.75 Å². The molecule has 1 N–H and O–H groups in total. The molecule has 1 aliphatic carbocycles. The second-order valence-corrected chi connectivity index (χ2v) is 8.61. The van der Waals surface area contributed by atoms with Crippen molar-refractivity contribution in [3.63, 3.8) is 0 Å². The van der Waals surface area contributed by atoms with E-state index in [1.54, 1.807) is 7.11 Å². The fourth-order valence-electron chi connectivity index (χ4n) is 4.97. The van der Waals surface area contributed by atoms with Crippen LogP contribution in [0.4, 0.5) is 0 Å². The minimum absolute atomic E-state index is 0.0741. The van der Waals surface area contributed by atoms with E-state index in [9.17, 15) is 9.90 Å². The van der Waals surface area contributed by atoms with Crippen LogP contribution in [0.25, 0.3) is 0 Å². The minimum atomic E-state index is -0.958. The average Bonchev–Trinajstić information content (AvgIpc) is 3.53. The first-order valence-electron chi connectivity index (χ1n) is 11.2. The number of methoxy groups -OCH3 is 1. The van der Waals surface area contributed by atoms with Crippen LogP contribution in [0.15, 0.2) is 84.9 Å². The van der Waals surface area contributed by atoms with Crippen molar-refractivity contribution in [2.75, 3.05) is 7.11 Å². The van der Waals surface area contributed by atoms with Gasteiger partial charge in [-0.05, 0) is 47.6 Å². The fourth-order valence-corrected chi connectivity index (χ4v) is 4.97. The first kappa shape index (κ1) is 22.1. The van der Waals surface area contributed by atoms with Crippen LogP contribution in [0.3, 0.4) is 0 Å². The lowest BCUT2D eigenvalue weighted by molar-refractivity contribution is -0.157. The van der Waals surface area contributed by atoms with Gasteiger partial charge in [0.05, 0.1) is 18.6 Å². The van der Waals surface area contributed by atoms with Crippen LogP contribution < -0.4 is 4.74 Å². The summed E-state index contributed by atoms with van der Waals surface area (Å²) in [6.07, 6.45) is 0.787. The van der Waals surface area contributed by atoms with Gasteiger partial charge in [0.2, 0.25) is 0 Å². The van der Waals surface area contributed by atoms with E-state index in [2.05, 4.69) is 0 Å². The van der Waals surface area contributed by atoms with E-state index in [-0.39, 0.29) is 5.92 Å². The molecule has 4 nitrogen and oxygen atoms in total. The molecule has 3 unspecified atom stereocenters. The van der Waals surface area contributed by atoms with E-state index in [4.69, 9.17) is 9.47 Å². The molecule has 0 radical (unpaired) electrons. The molecule has 4 heteroatoms. The third-order valence-corrected chi connectivity index (χ3v) is 6.88. The normalized spacial score (nSPS) is 21.0. The zero-order valence-corrected chi connectivity index (χ0v) is 18.8. The van der Waals surface area contributed by atoms with Crippen molar-refractivity contribution in [3.05, 3.63) is 102 Å². The van der Waals surface area contributed by atoms with Gasteiger partial charge in [0.15, 0.2) is 0 Å². The number of hydrogen-bond acceptors (Lipinski definition) is 3. The Morgan fingerprint density at radius 2 is 1.44 bits per heavy atom. The summed E-state index contributed by atoms with van der Waals surface area (Å²) < 4.78 is 12.4. The quantitative estimate of drug-likeness (QED) is 0.430. The smallest absolute Gasteiger partial charge is 0.312 e. The topological polar surface area (TPSA) is 55.8 Å². The van der Waals surface area contributed by atoms with Gasteiger partial charge in [-0.2, -0.15) is 0 Å². The summed E-state index contributed by atoms with van der Waals surface area (Å²) in [5.74, 6) is 0.0558. The third kappa shape index (κ3) is 3.59. The molecule has 0 heterocycles. The van der Waals surface area contributed by atoms with Crippen molar-refractivity contribution < 1.29 is 19.4 Å². The highest BCUT2D eigenvalue weighted by atomic mass is 16.5. The van der Waals surface area contributed by atoms with Crippen LogP contribution in [-0.2, 0) is 15.1 Å². The second-order valence-electron chi connectivity index (χ2n) is 8.61. The van der Waals surface area contributed by atoms with E-state index in [1.807, 2.05) is 98.8 Å². The maximum atomic E-state index is 12.4. The largest absolute Gasteiger partial charge is 0.497 e. The predicted molar refractivity (Wildman–Crippen MR) is 125 cm³/mol. The second kappa shape index (κ2) is 8.79. The Morgan fingerprint density at radius 1 is 0.969 bits per heavy atom. The molecule has 0 spiro atoms. The van der Waals surface area contributed by atoms with Crippen molar-refractivity contribution in [2.45, 2.75) is 38.4 Å². The summed E-state index contributed by atoms with van der Waals surface area (Å²) in [5, 5.41) is 10.2. The van der Waals surface area contributed by atoms with Crippen molar-refractivity contribution in [1.82, 2.24) is 0 Å². The van der Waals surface area contributed by atoms with Crippen LogP contribution in [0, 0.1) is 11.3 Å². The molecule has 0 amide bonds. The number of benzene rings is 3. The Bertz CT molecular complexity index is 1010. The van der Waals surface area contributed by atoms with Crippen LogP contribution in [0.1, 0.15) is 43.4 Å². The number of hydrogen-bond donors (Lipinski definition) is 1. The average molecular weight is 431 g/mol. The fraction of sp³-hybridized carbons (Fsp3) is 0.321. The van der Waals surface area contributed by atoms with Gasteiger partial charge >= 0.3 is 5.97 Å². The van der Waals surface area contributed by atoms with E-state index < -0.39 is 23.1 Å². The molecule has 166 valence electrons. The minimum Gasteiger partial charge on any atom is -0.497 e. The number of carboxylic acids is 1. The van der Waals surface area contributed by atoms with Crippen LogP contribution in [0.2, 0.25) is 0 Å². The summed E-state index contributed by atoms with van der Waals surface area (Å²) in [6.45, 7) is 4.01. The highest BCUT2D eigenvalue weighted by molar-refractivity contribution is 5.79. The standard InChI is InChI=1S/C28H30O4/c1-4-25(27(26(29)30)19-20(27)2)32-28(21-11-7-5-8-12-21,22-13-9-6-10-14-22)23-15-17-24(31-3)18-16-23/h5-18,20,25H,4,19H2,1-3H3,(H,29,30). The van der Waals surface area contributed by atoms with E-state index in [0.29, 0.717) is 12.8 Å². The maximum absolute atomic E-state index is 12.4. The SMILES string of the molecule is CCC(OC(c1ccccc1)(c1ccccc1)c1ccc(OC)cc1)C1(C(=O)O)CC1C. The van der Waals surface area contributed by atoms with Gasteiger partial charge in [0.1, 0.15) is 11.4 Å². The summed E-state index contributed by atoms with van der Waals surface area (Å²) in [5.41, 5.74) is 1.03. The van der Waals surface area contributed by atoms with Gasteiger partial charge in [0.25, 0.3) is 0 Å². The van der Waals surface area contributed by atoms with E-state index in [1.165, 1.54) is 0 Å². The molecule has 1 fully saturated rings. The first-order chi connectivity index (χ1) is 15.5. The molecule has 0 saturated heterocycles. The number of carbonyl (C=O) groups is 1. The molecule has 1 saturated carbocycles. The van der Waals surface area contributed by atoms with Crippen molar-refractivity contribution in [2.24, 2.45) is 11.3 Å². The molecule has 1 aliphatic rings. The monoisotopic (exact) mass is 430 g/mol. The Kier molecular flexibility index (Phi) is 6.07. The van der Waals surface area contributed by atoms with Crippen molar-refractivity contribution in [1.29, 1.82) is 0 Å². The summed E-state index contributed by atoms with van der Waals surface area (Å²) in [4.78, 5) is 12.4. The summed E-state index contributed by atoms with van der Waals surface area (Å²) in [7, 11) is 1.64. The molecular weight excluding hydrogens is 400 g/mol. The lowest BCUT2D eigenvalue weighted by Gasteiger charge is -2.40. The van der Waals surface area contributed by atoms with E-state index >= 15 is 0 Å². The Morgan fingerprint density at radius 3 is 1.81 bits per heavy atom. The van der Waals surface area contributed by atoms with Crippen molar-refractivity contribution >= 4 is 5.97 Å². The number of rotatable bonds is 9. The molecule has 3 aromatic rings. The van der Waals surface area contributed by atoms with Crippen molar-refractivity contribution in [3.8, 4) is 5.75 Å². The van der Waals surface area contributed by atoms with Gasteiger partial charge in [-0.25, -0.2) is 0 Å². The third-order valence-electron chi connectivity index (χ3n) is 6.88. The highest BCUT2D eigenvalue weighted by Crippen LogP contribution is 2.59.